The summed E-state index contributed by atoms with van der Waals surface area (Å²) in [5, 5.41) is 0. The second-order valence-electron chi connectivity index (χ2n) is 3.14. The van der Waals surface area contributed by atoms with Crippen molar-refractivity contribution >= 4 is 5.91 Å². The van der Waals surface area contributed by atoms with E-state index in [1.165, 1.54) is 62.0 Å². The van der Waals surface area contributed by atoms with Crippen molar-refractivity contribution < 1.29 is 9.21 Å². The fourth-order valence-corrected chi connectivity index (χ4v) is 0.926. The lowest BCUT2D eigenvalue weighted by Gasteiger charge is -1.85. The molecule has 1 amide bonds. The molecule has 7 nitrogen and oxygen atoms in total. The van der Waals surface area contributed by atoms with Crippen molar-refractivity contribution in [3.8, 4) is 0 Å². The summed E-state index contributed by atoms with van der Waals surface area (Å²) in [6.45, 7) is 0. The Balaban J connectivity index is 3.25. The number of nitrogens with two attached hydrogens (primary N) is 1. The Morgan fingerprint density at radius 3 is 2.40 bits per heavy atom. The van der Waals surface area contributed by atoms with Crippen molar-refractivity contribution in [1.29, 1.82) is 0 Å². The predicted octanol–water partition coefficient (Wildman–Crippen LogP) is 1.33. The molecule has 0 aliphatic heterocycles. The van der Waals surface area contributed by atoms with Crippen LogP contribution >= 0.6 is 0 Å². The number of primary amides is 1. The smallest absolute Gasteiger partial charge is 0.267 e. The fourth-order valence-electron chi connectivity index (χ4n) is 0.926. The van der Waals surface area contributed by atoms with Crippen molar-refractivity contribution in [3.63, 3.8) is 0 Å². The van der Waals surface area contributed by atoms with Crippen LogP contribution in [0.5, 0.6) is 0 Å². The number of hydrogen-bond donors (Lipinski definition) is 1. The van der Waals surface area contributed by atoms with Crippen LogP contribution in [0.25, 0.3) is 0 Å². The molecule has 0 fully saturated rings. The van der Waals surface area contributed by atoms with Gasteiger partial charge < -0.3 is 10.2 Å². The summed E-state index contributed by atoms with van der Waals surface area (Å²) in [6, 6.07) is 2.96. The average Bonchev–Trinajstić information content (AvgIpc) is 2.43. The van der Waals surface area contributed by atoms with Crippen molar-refractivity contribution in [1.82, 2.24) is 19.9 Å². The molecule has 1 heterocycles. The van der Waals surface area contributed by atoms with Gasteiger partial charge in [-0.15, -0.1) is 0 Å². The molecule has 0 bridgehead atoms. The molecule has 0 saturated carbocycles. The number of amides is 1. The highest BCUT2D eigenvalue weighted by atomic mass is 16.3. The highest BCUT2D eigenvalue weighted by Gasteiger charge is 1.95. The molecule has 0 spiro atoms. The Kier molecular flexibility index (Phi) is 7.40. The maximum atomic E-state index is 11.1. The quantitative estimate of drug-likeness (QED) is 0.825. The van der Waals surface area contributed by atoms with E-state index in [0.29, 0.717) is 0 Å². The summed E-state index contributed by atoms with van der Waals surface area (Å²) in [5.41, 5.74) is 5.22. The van der Waals surface area contributed by atoms with Crippen LogP contribution in [0.2, 0.25) is 0 Å². The van der Waals surface area contributed by atoms with E-state index < -0.39 is 5.91 Å². The van der Waals surface area contributed by atoms with Gasteiger partial charge in [0, 0.05) is 37.2 Å². The van der Waals surface area contributed by atoms with Gasteiger partial charge in [-0.3, -0.25) is 19.7 Å². The maximum Gasteiger partial charge on any atom is 0.267 e. The lowest BCUT2D eigenvalue weighted by molar-refractivity contribution is 0.0995. The van der Waals surface area contributed by atoms with Crippen LogP contribution in [-0.2, 0) is 0 Å². The zero-order chi connectivity index (χ0) is 14.5. The molecule has 0 aliphatic carbocycles. The molecule has 0 aliphatic rings. The standard InChI is InChI=1S/C13H13N5O2/c14-13(19)12-2-4-15-3-1-10-20-11-9-17-6-5-16-7-8-18-12/h1-11H,(H2,14,19). The van der Waals surface area contributed by atoms with Crippen molar-refractivity contribution in [2.75, 3.05) is 0 Å². The molecule has 0 aromatic carbocycles. The number of nitrogens with zero attached hydrogens (tertiary/aromatic N) is 4. The van der Waals surface area contributed by atoms with E-state index in [1.807, 2.05) is 0 Å². The van der Waals surface area contributed by atoms with Crippen molar-refractivity contribution in [3.05, 3.63) is 73.7 Å². The number of aromatic nitrogens is 4. The Labute approximate surface area is 115 Å². The highest BCUT2D eigenvalue weighted by molar-refractivity contribution is 5.90. The molecule has 0 unspecified atom stereocenters. The molecule has 2 N–H and O–H groups in total. The fraction of sp³-hybridized carbons (Fsp3) is 0. The first kappa shape index (κ1) is 15.0. The first-order valence-electron chi connectivity index (χ1n) is 5.53. The SMILES string of the molecule is NC(=O)c1ccncccoccnccnccn1. The number of carbonyl (C=O) groups is 1. The lowest BCUT2D eigenvalue weighted by Crippen LogP contribution is -2.11. The number of carbonyl (C=O) groups excluding carboxylic acids is 1. The number of hydrogen-bond acceptors (Lipinski definition) is 6. The zero-order valence-corrected chi connectivity index (χ0v) is 10.5. The van der Waals surface area contributed by atoms with Gasteiger partial charge in [-0.2, -0.15) is 0 Å². The van der Waals surface area contributed by atoms with E-state index in [0.717, 1.165) is 0 Å². The molecule has 7 heteroatoms. The second kappa shape index (κ2) is 9.89. The molecular formula is C13H13N5O2. The van der Waals surface area contributed by atoms with Crippen molar-refractivity contribution in [2.45, 2.75) is 0 Å². The first-order valence-corrected chi connectivity index (χ1v) is 5.53. The molecule has 0 radical (unpaired) electrons. The summed E-state index contributed by atoms with van der Waals surface area (Å²) in [4.78, 5) is 26.5. The van der Waals surface area contributed by atoms with Gasteiger partial charge in [-0.05, 0) is 12.1 Å². The van der Waals surface area contributed by atoms with Gasteiger partial charge in [-0.1, -0.05) is 0 Å². The van der Waals surface area contributed by atoms with E-state index in [-0.39, 0.29) is 5.69 Å². The van der Waals surface area contributed by atoms with Gasteiger partial charge in [0.15, 0.2) is 0 Å². The second-order valence-corrected chi connectivity index (χ2v) is 3.14. The topological polar surface area (TPSA) is 108 Å². The van der Waals surface area contributed by atoms with Crippen molar-refractivity contribution in [2.24, 2.45) is 5.73 Å². The summed E-state index contributed by atoms with van der Waals surface area (Å²) < 4.78 is 4.97. The van der Waals surface area contributed by atoms with Crippen LogP contribution in [0.15, 0.2) is 72.5 Å². The minimum Gasteiger partial charge on any atom is -0.471 e. The maximum absolute atomic E-state index is 11.1. The lowest BCUT2D eigenvalue weighted by atomic mass is 10.4. The van der Waals surface area contributed by atoms with E-state index in [2.05, 4.69) is 19.9 Å². The molecule has 1 aromatic rings. The third kappa shape index (κ3) is 7.28. The van der Waals surface area contributed by atoms with E-state index in [9.17, 15) is 4.79 Å². The molecule has 1 aromatic heterocycles. The predicted molar refractivity (Wildman–Crippen MR) is 71.3 cm³/mol. The zero-order valence-electron chi connectivity index (χ0n) is 10.5. The van der Waals surface area contributed by atoms with Gasteiger partial charge in [0.1, 0.15) is 12.0 Å². The highest BCUT2D eigenvalue weighted by Crippen LogP contribution is 1.84. The summed E-state index contributed by atoms with van der Waals surface area (Å²) in [7, 11) is 0. The van der Waals surface area contributed by atoms with Crippen LogP contribution in [0.4, 0.5) is 0 Å². The third-order valence-corrected chi connectivity index (χ3v) is 1.73. The summed E-state index contributed by atoms with van der Waals surface area (Å²) in [6.07, 6.45) is 12.8. The first-order chi connectivity index (χ1) is 9.80. The van der Waals surface area contributed by atoms with Gasteiger partial charge in [0.2, 0.25) is 0 Å². The van der Waals surface area contributed by atoms with Gasteiger partial charge >= 0.3 is 0 Å². The Morgan fingerprint density at radius 2 is 1.60 bits per heavy atom. The molecule has 0 saturated heterocycles. The number of rotatable bonds is 1. The van der Waals surface area contributed by atoms with E-state index in [1.54, 1.807) is 6.07 Å². The van der Waals surface area contributed by atoms with Gasteiger partial charge in [0.05, 0.1) is 12.5 Å². The monoisotopic (exact) mass is 271 g/mol. The molecule has 102 valence electrons. The molecular weight excluding hydrogens is 258 g/mol. The largest absolute Gasteiger partial charge is 0.471 e. The van der Waals surface area contributed by atoms with Crippen LogP contribution in [-0.4, -0.2) is 25.8 Å². The normalized spacial score (nSPS) is 8.40. The molecule has 0 atom stereocenters. The molecule has 20 heavy (non-hydrogen) atoms. The van der Waals surface area contributed by atoms with Crippen LogP contribution in [0, 0.1) is 0 Å². The summed E-state index contributed by atoms with van der Waals surface area (Å²) in [5.74, 6) is -0.660. The van der Waals surface area contributed by atoms with Crippen LogP contribution < -0.4 is 5.73 Å². The third-order valence-electron chi connectivity index (χ3n) is 1.73. The van der Waals surface area contributed by atoms with Crippen LogP contribution in [0.3, 0.4) is 0 Å². The van der Waals surface area contributed by atoms with Gasteiger partial charge in [0.25, 0.3) is 5.91 Å². The van der Waals surface area contributed by atoms with Crippen LogP contribution in [0.1, 0.15) is 10.5 Å². The Bertz CT molecular complexity index is 554. The Hall–Kier alpha value is -3.09. The minimum atomic E-state index is -0.660. The summed E-state index contributed by atoms with van der Waals surface area (Å²) >= 11 is 0. The van der Waals surface area contributed by atoms with E-state index in [4.69, 9.17) is 10.2 Å². The molecule has 1 rings (SSSR count). The Morgan fingerprint density at radius 1 is 0.900 bits per heavy atom. The average molecular weight is 271 g/mol. The minimum absolute atomic E-state index is 0.0634. The van der Waals surface area contributed by atoms with E-state index >= 15 is 0 Å². The van der Waals surface area contributed by atoms with Gasteiger partial charge in [-0.25, -0.2) is 4.98 Å².